The standard InChI is InChI=1S/C34H29N5/c1-21-8-14-29(36-20-21)30-16-11-24-18-23(10-15-28(24)37-30)27-19-25-9-12-26-13-17-31(35)39-34(26,2)33(25)38-32(27)22-6-4-3-5-7-22/h3-19,21,39H,20,35H2,1-2H3. The molecule has 2 aromatic heterocycles. The number of rotatable bonds is 3. The average molecular weight is 508 g/mol. The molecule has 4 aromatic rings. The van der Waals surface area contributed by atoms with Gasteiger partial charge in [-0.15, -0.1) is 0 Å². The Balaban J connectivity index is 1.37. The number of fused-ring (bicyclic) bond motifs is 4. The fraction of sp³-hybridized carbons (Fsp3) is 0.147. The van der Waals surface area contributed by atoms with E-state index in [0.29, 0.717) is 11.7 Å². The fourth-order valence-electron chi connectivity index (χ4n) is 5.65. The Morgan fingerprint density at radius 1 is 0.897 bits per heavy atom. The summed E-state index contributed by atoms with van der Waals surface area (Å²) in [7, 11) is 0. The number of aliphatic imine (C=N–C) groups is 1. The van der Waals surface area contributed by atoms with Crippen LogP contribution in [0.25, 0.3) is 39.4 Å². The number of benzene rings is 2. The molecule has 3 N–H and O–H groups in total. The van der Waals surface area contributed by atoms with E-state index >= 15 is 0 Å². The molecular formula is C34H29N5. The van der Waals surface area contributed by atoms with Crippen molar-refractivity contribution in [1.82, 2.24) is 15.3 Å². The molecule has 2 aromatic carbocycles. The van der Waals surface area contributed by atoms with Crippen LogP contribution in [0.4, 0.5) is 0 Å². The molecular weight excluding hydrogens is 478 g/mol. The van der Waals surface area contributed by atoms with Crippen molar-refractivity contribution in [3.05, 3.63) is 125 Å². The lowest BCUT2D eigenvalue weighted by Crippen LogP contribution is -2.46. The maximum absolute atomic E-state index is 6.21. The molecule has 0 saturated heterocycles. The van der Waals surface area contributed by atoms with Crippen LogP contribution in [0.15, 0.2) is 113 Å². The van der Waals surface area contributed by atoms with Gasteiger partial charge in [0.25, 0.3) is 0 Å². The van der Waals surface area contributed by atoms with E-state index in [-0.39, 0.29) is 0 Å². The molecule has 5 heteroatoms. The van der Waals surface area contributed by atoms with Crippen molar-refractivity contribution >= 4 is 22.7 Å². The van der Waals surface area contributed by atoms with Crippen LogP contribution in [0, 0.1) is 5.92 Å². The minimum absolute atomic E-state index is 0.476. The first-order chi connectivity index (χ1) is 19.0. The number of pyridine rings is 2. The molecule has 4 heterocycles. The molecule has 0 bridgehead atoms. The maximum atomic E-state index is 6.21. The summed E-state index contributed by atoms with van der Waals surface area (Å²) in [6.45, 7) is 5.13. The lowest BCUT2D eigenvalue weighted by molar-refractivity contribution is 0.461. The second-order valence-corrected chi connectivity index (χ2v) is 10.7. The molecule has 1 aliphatic carbocycles. The largest absolute Gasteiger partial charge is 0.386 e. The van der Waals surface area contributed by atoms with Crippen molar-refractivity contribution < 1.29 is 0 Å². The van der Waals surface area contributed by atoms with Gasteiger partial charge in [0.1, 0.15) is 5.54 Å². The van der Waals surface area contributed by atoms with E-state index in [0.717, 1.165) is 68.1 Å². The van der Waals surface area contributed by atoms with Crippen LogP contribution in [-0.2, 0) is 5.54 Å². The molecule has 2 unspecified atom stereocenters. The first-order valence-electron chi connectivity index (χ1n) is 13.4. The number of allylic oxidation sites excluding steroid dienone is 3. The number of aromatic nitrogens is 2. The smallest absolute Gasteiger partial charge is 0.104 e. The van der Waals surface area contributed by atoms with Gasteiger partial charge >= 0.3 is 0 Å². The molecule has 0 fully saturated rings. The van der Waals surface area contributed by atoms with Gasteiger partial charge in [-0.2, -0.15) is 0 Å². The van der Waals surface area contributed by atoms with Gasteiger partial charge < -0.3 is 11.1 Å². The minimum Gasteiger partial charge on any atom is -0.386 e. The zero-order valence-electron chi connectivity index (χ0n) is 22.0. The predicted octanol–water partition coefficient (Wildman–Crippen LogP) is 6.53. The third kappa shape index (κ3) is 3.98. The molecule has 3 aliphatic rings. The summed E-state index contributed by atoms with van der Waals surface area (Å²) in [6, 6.07) is 23.3. The van der Waals surface area contributed by atoms with E-state index in [1.165, 1.54) is 0 Å². The summed E-state index contributed by atoms with van der Waals surface area (Å²) < 4.78 is 0. The topological polar surface area (TPSA) is 76.2 Å². The number of nitrogens with zero attached hydrogens (tertiary/aromatic N) is 3. The van der Waals surface area contributed by atoms with Crippen LogP contribution in [-0.4, -0.2) is 22.2 Å². The van der Waals surface area contributed by atoms with Crippen molar-refractivity contribution in [2.45, 2.75) is 19.4 Å². The Morgan fingerprint density at radius 2 is 1.77 bits per heavy atom. The Labute approximate surface area is 228 Å². The monoisotopic (exact) mass is 507 g/mol. The van der Waals surface area contributed by atoms with Gasteiger partial charge in [0.05, 0.1) is 34.1 Å². The summed E-state index contributed by atoms with van der Waals surface area (Å²) in [4.78, 5) is 15.0. The lowest BCUT2D eigenvalue weighted by atomic mass is 9.78. The predicted molar refractivity (Wildman–Crippen MR) is 160 cm³/mol. The van der Waals surface area contributed by atoms with Gasteiger partial charge in [0, 0.05) is 23.1 Å². The SMILES string of the molecule is CC1C=CC(c2ccc3cc(-c4cc5c(nc4-c4ccccc4)C4(C)NC(N)=CC=C4C=C5)ccc3n2)=NC1. The van der Waals surface area contributed by atoms with E-state index in [4.69, 9.17) is 20.7 Å². The summed E-state index contributed by atoms with van der Waals surface area (Å²) in [5, 5.41) is 4.57. The minimum atomic E-state index is -0.497. The van der Waals surface area contributed by atoms with Gasteiger partial charge in [-0.05, 0) is 66.0 Å². The van der Waals surface area contributed by atoms with Gasteiger partial charge in [0.15, 0.2) is 0 Å². The summed E-state index contributed by atoms with van der Waals surface area (Å²) in [5.74, 6) is 1.11. The Morgan fingerprint density at radius 3 is 2.59 bits per heavy atom. The Hall–Kier alpha value is -4.77. The van der Waals surface area contributed by atoms with E-state index < -0.39 is 5.54 Å². The van der Waals surface area contributed by atoms with Gasteiger partial charge in [-0.3, -0.25) is 4.99 Å². The maximum Gasteiger partial charge on any atom is 0.104 e. The second kappa shape index (κ2) is 8.91. The van der Waals surface area contributed by atoms with Crippen molar-refractivity contribution in [2.24, 2.45) is 16.6 Å². The van der Waals surface area contributed by atoms with Crippen LogP contribution in [0.3, 0.4) is 0 Å². The number of hydrogen-bond donors (Lipinski definition) is 2. The molecule has 2 aliphatic heterocycles. The van der Waals surface area contributed by atoms with Crippen molar-refractivity contribution in [3.63, 3.8) is 0 Å². The van der Waals surface area contributed by atoms with Crippen LogP contribution >= 0.6 is 0 Å². The van der Waals surface area contributed by atoms with E-state index in [2.05, 4.69) is 110 Å². The third-order valence-electron chi connectivity index (χ3n) is 7.82. The molecule has 0 radical (unpaired) electrons. The summed E-state index contributed by atoms with van der Waals surface area (Å²) in [5.41, 5.74) is 15.9. The average Bonchev–Trinajstić information content (AvgIpc) is 2.96. The first-order valence-corrected chi connectivity index (χ1v) is 13.4. The molecule has 0 saturated carbocycles. The number of hydrogen-bond acceptors (Lipinski definition) is 5. The number of nitrogens with one attached hydrogen (secondary N) is 1. The molecule has 5 nitrogen and oxygen atoms in total. The van der Waals surface area contributed by atoms with E-state index in [1.54, 1.807) is 0 Å². The molecule has 0 spiro atoms. The number of nitrogens with two attached hydrogens (primary N) is 1. The molecule has 190 valence electrons. The van der Waals surface area contributed by atoms with Crippen LogP contribution < -0.4 is 11.1 Å². The zero-order chi connectivity index (χ0) is 26.6. The van der Waals surface area contributed by atoms with Crippen LogP contribution in [0.5, 0.6) is 0 Å². The third-order valence-corrected chi connectivity index (χ3v) is 7.82. The molecule has 39 heavy (non-hydrogen) atoms. The highest BCUT2D eigenvalue weighted by atomic mass is 15.1. The quantitative estimate of drug-likeness (QED) is 0.331. The van der Waals surface area contributed by atoms with E-state index in [1.807, 2.05) is 12.1 Å². The highest BCUT2D eigenvalue weighted by Crippen LogP contribution is 2.42. The lowest BCUT2D eigenvalue weighted by Gasteiger charge is -2.38. The van der Waals surface area contributed by atoms with Crippen molar-refractivity contribution in [2.75, 3.05) is 6.54 Å². The van der Waals surface area contributed by atoms with Gasteiger partial charge in [-0.1, -0.05) is 73.7 Å². The summed E-state index contributed by atoms with van der Waals surface area (Å²) >= 11 is 0. The second-order valence-electron chi connectivity index (χ2n) is 10.7. The number of dihydropyridines is 2. The fourth-order valence-corrected chi connectivity index (χ4v) is 5.65. The normalized spacial score (nSPS) is 21.4. The zero-order valence-corrected chi connectivity index (χ0v) is 22.0. The summed E-state index contributed by atoms with van der Waals surface area (Å²) in [6.07, 6.45) is 12.6. The van der Waals surface area contributed by atoms with E-state index in [9.17, 15) is 0 Å². The first kappa shape index (κ1) is 23.4. The highest BCUT2D eigenvalue weighted by molar-refractivity contribution is 6.08. The van der Waals surface area contributed by atoms with Crippen LogP contribution in [0.2, 0.25) is 0 Å². The van der Waals surface area contributed by atoms with Gasteiger partial charge in [0.2, 0.25) is 0 Å². The molecule has 7 rings (SSSR count). The van der Waals surface area contributed by atoms with Crippen molar-refractivity contribution in [1.29, 1.82) is 0 Å². The highest BCUT2D eigenvalue weighted by Gasteiger charge is 2.38. The molecule has 0 amide bonds. The Bertz CT molecular complexity index is 1790. The Kier molecular flexibility index (Phi) is 5.34. The molecule has 2 atom stereocenters. The van der Waals surface area contributed by atoms with Gasteiger partial charge in [-0.25, -0.2) is 9.97 Å². The van der Waals surface area contributed by atoms with Crippen LogP contribution in [0.1, 0.15) is 30.8 Å². The van der Waals surface area contributed by atoms with Crippen molar-refractivity contribution in [3.8, 4) is 22.4 Å².